The van der Waals surface area contributed by atoms with Crippen LogP contribution in [-0.4, -0.2) is 49.5 Å². The fourth-order valence-corrected chi connectivity index (χ4v) is 0.270. The molecule has 0 fully saturated rings. The van der Waals surface area contributed by atoms with Gasteiger partial charge in [-0.15, -0.1) is 0 Å². The summed E-state index contributed by atoms with van der Waals surface area (Å²) in [4.78, 5) is 43.8. The molecule has 0 radical (unpaired) electrons. The Hall–Kier alpha value is -1.11. The van der Waals surface area contributed by atoms with E-state index in [1.165, 1.54) is 0 Å². The van der Waals surface area contributed by atoms with Crippen LogP contribution in [-0.2, 0) is 14.2 Å². The van der Waals surface area contributed by atoms with Gasteiger partial charge >= 0.3 is 11.9 Å². The number of aliphatic hydroxyl groups is 2. The van der Waals surface area contributed by atoms with Crippen LogP contribution in [0.25, 0.3) is 0 Å². The predicted octanol–water partition coefficient (Wildman–Crippen LogP) is -3.56. The maximum Gasteiger partial charge on any atom is 0.335 e. The number of aliphatic hydroxyl groups excluding tert-OH is 2. The fraction of sp³-hybridized carbons (Fsp3) is 0.500. The van der Waals surface area contributed by atoms with Gasteiger partial charge in [-0.3, -0.25) is 0 Å². The molecular weight excluding hydrogens is 267 g/mol. The number of rotatable bonds is 3. The largest absolute Gasteiger partial charge is 0.790 e. The van der Waals surface area contributed by atoms with Crippen LogP contribution in [0, 0.1) is 0 Å². The summed E-state index contributed by atoms with van der Waals surface area (Å²) in [5.41, 5.74) is 0. The minimum atomic E-state index is -5.14. The molecule has 0 bridgehead atoms. The molecular formula is C4H15N2O10P. The highest BCUT2D eigenvalue weighted by atomic mass is 31.2. The summed E-state index contributed by atoms with van der Waals surface area (Å²) in [6.45, 7) is 0. The Balaban J connectivity index is -0.000000105. The van der Waals surface area contributed by atoms with E-state index in [2.05, 4.69) is 0 Å². The highest BCUT2D eigenvalue weighted by Crippen LogP contribution is 2.11. The molecule has 17 heavy (non-hydrogen) atoms. The van der Waals surface area contributed by atoms with Gasteiger partial charge in [0.1, 0.15) is 0 Å². The number of carbonyl (C=O) groups is 2. The molecule has 0 aromatic heterocycles. The van der Waals surface area contributed by atoms with Crippen LogP contribution in [0.5, 0.6) is 0 Å². The van der Waals surface area contributed by atoms with Crippen LogP contribution in [0.15, 0.2) is 0 Å². The Morgan fingerprint density at radius 2 is 1.06 bits per heavy atom. The molecule has 0 aliphatic carbocycles. The van der Waals surface area contributed by atoms with Crippen molar-refractivity contribution in [1.29, 1.82) is 0 Å². The molecule has 0 saturated carbocycles. The topological polar surface area (TPSA) is 271 Å². The summed E-state index contributed by atoms with van der Waals surface area (Å²) in [6.07, 6.45) is -4.53. The Kier molecular flexibility index (Phi) is 14.8. The second-order valence-electron chi connectivity index (χ2n) is 2.03. The van der Waals surface area contributed by atoms with Gasteiger partial charge in [-0.05, 0) is 0 Å². The van der Waals surface area contributed by atoms with E-state index in [0.29, 0.717) is 0 Å². The minimum absolute atomic E-state index is 0. The fourth-order valence-electron chi connectivity index (χ4n) is 0.270. The van der Waals surface area contributed by atoms with Gasteiger partial charge in [0.05, 0.1) is 7.82 Å². The Morgan fingerprint density at radius 3 is 1.12 bits per heavy atom. The SMILES string of the molecule is O=C(O)C(O)C(O)C(=O)O.O=P([O-])([O-])O.[NH4+].[NH4+]. The molecule has 13 heteroatoms. The summed E-state index contributed by atoms with van der Waals surface area (Å²) >= 11 is 0. The molecule has 13 N–H and O–H groups in total. The van der Waals surface area contributed by atoms with Crippen LogP contribution >= 0.6 is 7.82 Å². The first-order chi connectivity index (χ1) is 6.46. The number of carboxylic acids is 2. The number of hydrogen-bond acceptors (Lipinski definition) is 7. The first-order valence-corrected chi connectivity index (χ1v) is 4.53. The number of carboxylic acid groups (broad SMARTS) is 2. The monoisotopic (exact) mass is 282 g/mol. The predicted molar refractivity (Wildman–Crippen MR) is 49.1 cm³/mol. The van der Waals surface area contributed by atoms with Gasteiger partial charge < -0.3 is 52.0 Å². The van der Waals surface area contributed by atoms with Crippen molar-refractivity contribution in [3.8, 4) is 0 Å². The van der Waals surface area contributed by atoms with Gasteiger partial charge in [0.2, 0.25) is 0 Å². The van der Waals surface area contributed by atoms with Crippen LogP contribution in [0.4, 0.5) is 0 Å². The van der Waals surface area contributed by atoms with E-state index in [4.69, 9.17) is 39.7 Å². The molecule has 2 unspecified atom stereocenters. The molecule has 0 aliphatic heterocycles. The second kappa shape index (κ2) is 10.1. The molecule has 0 aliphatic rings. The van der Waals surface area contributed by atoms with Gasteiger partial charge in [0.15, 0.2) is 12.2 Å². The van der Waals surface area contributed by atoms with Crippen molar-refractivity contribution in [3.63, 3.8) is 0 Å². The van der Waals surface area contributed by atoms with E-state index < -0.39 is 32.0 Å². The smallest absolute Gasteiger partial charge is 0.335 e. The highest BCUT2D eigenvalue weighted by molar-refractivity contribution is 7.42. The summed E-state index contributed by atoms with van der Waals surface area (Å²) < 4.78 is 8.66. The van der Waals surface area contributed by atoms with Crippen molar-refractivity contribution in [2.45, 2.75) is 12.2 Å². The van der Waals surface area contributed by atoms with Crippen LogP contribution in [0.1, 0.15) is 0 Å². The second-order valence-corrected chi connectivity index (χ2v) is 2.97. The number of phosphoric acid groups is 1. The third-order valence-electron chi connectivity index (χ3n) is 0.805. The Morgan fingerprint density at radius 1 is 0.941 bits per heavy atom. The molecule has 0 aromatic rings. The number of quaternary nitrogens is 2. The van der Waals surface area contributed by atoms with Gasteiger partial charge in [0.25, 0.3) is 0 Å². The summed E-state index contributed by atoms with van der Waals surface area (Å²) in [5, 5.41) is 32.5. The summed E-state index contributed by atoms with van der Waals surface area (Å²) in [6, 6.07) is 0. The molecule has 0 aromatic carbocycles. The van der Waals surface area contributed by atoms with Gasteiger partial charge in [-0.2, -0.15) is 0 Å². The zero-order valence-electron chi connectivity index (χ0n) is 8.88. The van der Waals surface area contributed by atoms with Crippen molar-refractivity contribution in [3.05, 3.63) is 0 Å². The summed E-state index contributed by atoms with van der Waals surface area (Å²) in [5.74, 6) is -3.54. The molecule has 0 heterocycles. The average Bonchev–Trinajstić information content (AvgIpc) is 1.98. The lowest BCUT2D eigenvalue weighted by molar-refractivity contribution is -0.337. The van der Waals surface area contributed by atoms with Crippen molar-refractivity contribution in [2.75, 3.05) is 0 Å². The van der Waals surface area contributed by atoms with Gasteiger partial charge in [0, 0.05) is 0 Å². The Labute approximate surface area is 94.5 Å². The molecule has 0 rings (SSSR count). The molecule has 2 atom stereocenters. The third-order valence-corrected chi connectivity index (χ3v) is 0.805. The van der Waals surface area contributed by atoms with E-state index in [1.807, 2.05) is 0 Å². The average molecular weight is 282 g/mol. The number of hydrogen-bond donors (Lipinski definition) is 7. The first-order valence-electron chi connectivity index (χ1n) is 3.03. The van der Waals surface area contributed by atoms with Crippen LogP contribution < -0.4 is 22.1 Å². The summed E-state index contributed by atoms with van der Waals surface area (Å²) in [7, 11) is -5.14. The van der Waals surface area contributed by atoms with Gasteiger partial charge in [-0.25, -0.2) is 9.59 Å². The maximum absolute atomic E-state index is 9.77. The van der Waals surface area contributed by atoms with Crippen LogP contribution in [0.3, 0.4) is 0 Å². The maximum atomic E-state index is 9.77. The van der Waals surface area contributed by atoms with Crippen LogP contribution in [0.2, 0.25) is 0 Å². The highest BCUT2D eigenvalue weighted by Gasteiger charge is 2.29. The minimum Gasteiger partial charge on any atom is -0.790 e. The molecule has 12 nitrogen and oxygen atoms in total. The van der Waals surface area contributed by atoms with E-state index in [1.54, 1.807) is 0 Å². The lowest BCUT2D eigenvalue weighted by atomic mass is 10.2. The van der Waals surface area contributed by atoms with E-state index in [-0.39, 0.29) is 12.3 Å². The van der Waals surface area contributed by atoms with Crippen molar-refractivity contribution in [1.82, 2.24) is 12.3 Å². The zero-order valence-corrected chi connectivity index (χ0v) is 9.77. The normalized spacial score (nSPS) is 12.8. The number of aliphatic carboxylic acids is 2. The van der Waals surface area contributed by atoms with Crippen molar-refractivity contribution >= 4 is 19.8 Å². The molecule has 0 saturated heterocycles. The molecule has 106 valence electrons. The third kappa shape index (κ3) is 20.9. The molecule has 0 amide bonds. The Bertz CT molecular complexity index is 249. The zero-order chi connectivity index (χ0) is 12.8. The standard InChI is InChI=1S/C4H6O6.2H3N.H3O4P/c5-1(3(7)8)2(6)4(9)10;;;1-5(2,3)4/h1-2,5-6H,(H,7,8)(H,9,10);2*1H3;(H3,1,2,3,4). The van der Waals surface area contributed by atoms with E-state index in [0.717, 1.165) is 0 Å². The van der Waals surface area contributed by atoms with Gasteiger partial charge in [-0.1, -0.05) is 0 Å². The first kappa shape index (κ1) is 24.9. The molecule has 0 spiro atoms. The quantitative estimate of drug-likeness (QED) is 0.250. The lowest BCUT2D eigenvalue weighted by Crippen LogP contribution is -2.39. The van der Waals surface area contributed by atoms with E-state index in [9.17, 15) is 9.59 Å². The van der Waals surface area contributed by atoms with E-state index >= 15 is 0 Å². The lowest BCUT2D eigenvalue weighted by Gasteiger charge is -2.19. The van der Waals surface area contributed by atoms with Crippen molar-refractivity contribution in [2.24, 2.45) is 0 Å². The van der Waals surface area contributed by atoms with Crippen molar-refractivity contribution < 1.29 is 49.3 Å².